The SMILES string of the molecule is O=C(OCc1cc(=O)oc2ccc3ccccc3c12)c1cc2c(s1)CCC2. The highest BCUT2D eigenvalue weighted by Gasteiger charge is 2.20. The number of hydrogen-bond acceptors (Lipinski definition) is 5. The minimum absolute atomic E-state index is 0.0392. The monoisotopic (exact) mass is 376 g/mol. The molecule has 2 aromatic heterocycles. The van der Waals surface area contributed by atoms with Crippen LogP contribution in [0.2, 0.25) is 0 Å². The molecule has 0 radical (unpaired) electrons. The van der Waals surface area contributed by atoms with Crippen LogP contribution in [0.25, 0.3) is 21.7 Å². The van der Waals surface area contributed by atoms with E-state index < -0.39 is 5.63 Å². The largest absolute Gasteiger partial charge is 0.457 e. The van der Waals surface area contributed by atoms with Crippen LogP contribution in [-0.4, -0.2) is 5.97 Å². The van der Waals surface area contributed by atoms with Crippen LogP contribution in [0.1, 0.15) is 32.1 Å². The number of hydrogen-bond donors (Lipinski definition) is 0. The van der Waals surface area contributed by atoms with Crippen molar-refractivity contribution in [3.63, 3.8) is 0 Å². The standard InChI is InChI=1S/C22H16O4S/c23-20-11-15(12-25-22(24)19-10-14-5-3-7-18(14)27-19)21-16-6-2-1-4-13(16)8-9-17(21)26-20/h1-2,4,6,8-11H,3,5,7,12H2. The van der Waals surface area contributed by atoms with E-state index in [1.807, 2.05) is 36.4 Å². The van der Waals surface area contributed by atoms with E-state index >= 15 is 0 Å². The number of ether oxygens (including phenoxy) is 1. The number of thiophene rings is 1. The van der Waals surface area contributed by atoms with E-state index in [-0.39, 0.29) is 12.6 Å². The van der Waals surface area contributed by atoms with Crippen molar-refractivity contribution in [1.29, 1.82) is 0 Å². The molecule has 4 aromatic rings. The van der Waals surface area contributed by atoms with Crippen LogP contribution in [0.4, 0.5) is 0 Å². The summed E-state index contributed by atoms with van der Waals surface area (Å²) in [6, 6.07) is 14.9. The Morgan fingerprint density at radius 1 is 1.11 bits per heavy atom. The molecule has 0 spiro atoms. The molecule has 2 heterocycles. The van der Waals surface area contributed by atoms with E-state index in [9.17, 15) is 9.59 Å². The van der Waals surface area contributed by atoms with Crippen molar-refractivity contribution in [2.75, 3.05) is 0 Å². The molecule has 1 aliphatic rings. The zero-order valence-corrected chi connectivity index (χ0v) is 15.3. The van der Waals surface area contributed by atoms with Gasteiger partial charge in [0.15, 0.2) is 0 Å². The zero-order chi connectivity index (χ0) is 18.4. The van der Waals surface area contributed by atoms with Gasteiger partial charge in [-0.15, -0.1) is 11.3 Å². The van der Waals surface area contributed by atoms with Crippen molar-refractivity contribution >= 4 is 39.0 Å². The molecule has 0 aliphatic heterocycles. The molecule has 1 aliphatic carbocycles. The summed E-state index contributed by atoms with van der Waals surface area (Å²) >= 11 is 1.52. The molecular formula is C22H16O4S. The molecule has 4 nitrogen and oxygen atoms in total. The highest BCUT2D eigenvalue weighted by Crippen LogP contribution is 2.32. The molecule has 5 rings (SSSR count). The third-order valence-electron chi connectivity index (χ3n) is 5.02. The smallest absolute Gasteiger partial charge is 0.348 e. The average Bonchev–Trinajstić information content (AvgIpc) is 3.27. The van der Waals surface area contributed by atoms with Crippen molar-refractivity contribution in [3.8, 4) is 0 Å². The van der Waals surface area contributed by atoms with E-state index in [0.29, 0.717) is 16.0 Å². The summed E-state index contributed by atoms with van der Waals surface area (Å²) in [4.78, 5) is 26.4. The van der Waals surface area contributed by atoms with E-state index in [1.165, 1.54) is 27.8 Å². The average molecular weight is 376 g/mol. The first-order valence-electron chi connectivity index (χ1n) is 8.92. The lowest BCUT2D eigenvalue weighted by Gasteiger charge is -2.09. The van der Waals surface area contributed by atoms with Gasteiger partial charge < -0.3 is 9.15 Å². The van der Waals surface area contributed by atoms with Gasteiger partial charge in [0.1, 0.15) is 17.1 Å². The lowest BCUT2D eigenvalue weighted by molar-refractivity contribution is 0.0479. The molecule has 0 saturated carbocycles. The van der Waals surface area contributed by atoms with Crippen molar-refractivity contribution in [2.45, 2.75) is 25.9 Å². The van der Waals surface area contributed by atoms with Crippen LogP contribution in [-0.2, 0) is 24.2 Å². The molecule has 27 heavy (non-hydrogen) atoms. The first-order valence-corrected chi connectivity index (χ1v) is 9.74. The van der Waals surface area contributed by atoms with Crippen molar-refractivity contribution in [2.24, 2.45) is 0 Å². The number of carbonyl (C=O) groups excluding carboxylic acids is 1. The van der Waals surface area contributed by atoms with E-state index in [2.05, 4.69) is 0 Å². The summed E-state index contributed by atoms with van der Waals surface area (Å²) in [5.74, 6) is -0.337. The van der Waals surface area contributed by atoms with Gasteiger partial charge in [-0.3, -0.25) is 0 Å². The highest BCUT2D eigenvalue weighted by atomic mass is 32.1. The van der Waals surface area contributed by atoms with Crippen molar-refractivity contribution in [1.82, 2.24) is 0 Å². The van der Waals surface area contributed by atoms with Crippen molar-refractivity contribution in [3.05, 3.63) is 79.8 Å². The second-order valence-electron chi connectivity index (χ2n) is 6.74. The van der Waals surface area contributed by atoms with Gasteiger partial charge in [-0.05, 0) is 47.7 Å². The minimum atomic E-state index is -0.445. The lowest BCUT2D eigenvalue weighted by Crippen LogP contribution is -2.07. The lowest BCUT2D eigenvalue weighted by atomic mass is 10.0. The van der Waals surface area contributed by atoms with Crippen LogP contribution >= 0.6 is 11.3 Å². The van der Waals surface area contributed by atoms with Gasteiger partial charge in [0.05, 0.1) is 0 Å². The second-order valence-corrected chi connectivity index (χ2v) is 7.88. The molecule has 0 unspecified atom stereocenters. The maximum Gasteiger partial charge on any atom is 0.348 e. The summed E-state index contributed by atoms with van der Waals surface area (Å²) in [6.07, 6.45) is 3.24. The summed E-state index contributed by atoms with van der Waals surface area (Å²) in [7, 11) is 0. The Balaban J connectivity index is 1.51. The zero-order valence-electron chi connectivity index (χ0n) is 14.5. The quantitative estimate of drug-likeness (QED) is 0.291. The molecule has 2 aromatic carbocycles. The topological polar surface area (TPSA) is 56.5 Å². The van der Waals surface area contributed by atoms with Crippen LogP contribution in [0.3, 0.4) is 0 Å². The van der Waals surface area contributed by atoms with E-state index in [0.717, 1.165) is 35.4 Å². The Kier molecular flexibility index (Phi) is 3.83. The van der Waals surface area contributed by atoms with Crippen LogP contribution in [0.5, 0.6) is 0 Å². The van der Waals surface area contributed by atoms with Gasteiger partial charge in [-0.1, -0.05) is 30.3 Å². The first-order chi connectivity index (χ1) is 13.2. The highest BCUT2D eigenvalue weighted by molar-refractivity contribution is 7.14. The predicted molar refractivity (Wildman–Crippen MR) is 105 cm³/mol. The number of esters is 1. The number of carbonyl (C=O) groups is 1. The Labute approximate surface area is 159 Å². The molecule has 0 amide bonds. The molecule has 5 heteroatoms. The van der Waals surface area contributed by atoms with Crippen LogP contribution in [0, 0.1) is 0 Å². The van der Waals surface area contributed by atoms with Gasteiger partial charge in [0, 0.05) is 21.9 Å². The fraction of sp³-hybridized carbons (Fsp3) is 0.182. The van der Waals surface area contributed by atoms with Gasteiger partial charge in [0.2, 0.25) is 0 Å². The molecule has 0 N–H and O–H groups in total. The fourth-order valence-electron chi connectivity index (χ4n) is 3.78. The van der Waals surface area contributed by atoms with E-state index in [1.54, 1.807) is 6.07 Å². The predicted octanol–water partition coefficient (Wildman–Crippen LogP) is 4.85. The normalized spacial score (nSPS) is 13.2. The van der Waals surface area contributed by atoms with Crippen LogP contribution < -0.4 is 5.63 Å². The Hall–Kier alpha value is -2.92. The fourth-order valence-corrected chi connectivity index (χ4v) is 4.93. The second kappa shape index (κ2) is 6.35. The van der Waals surface area contributed by atoms with Gasteiger partial charge >= 0.3 is 11.6 Å². The Bertz CT molecular complexity index is 1230. The Morgan fingerprint density at radius 2 is 2.00 bits per heavy atom. The van der Waals surface area contributed by atoms with Crippen LogP contribution in [0.15, 0.2) is 57.7 Å². The number of benzene rings is 2. The third-order valence-corrected chi connectivity index (χ3v) is 6.24. The Morgan fingerprint density at radius 3 is 2.89 bits per heavy atom. The number of rotatable bonds is 3. The molecule has 0 bridgehead atoms. The summed E-state index contributed by atoms with van der Waals surface area (Å²) in [6.45, 7) is 0.0392. The molecular weight excluding hydrogens is 360 g/mol. The van der Waals surface area contributed by atoms with E-state index in [4.69, 9.17) is 9.15 Å². The van der Waals surface area contributed by atoms with Gasteiger partial charge in [-0.25, -0.2) is 9.59 Å². The molecule has 134 valence electrons. The van der Waals surface area contributed by atoms with Crippen molar-refractivity contribution < 1.29 is 13.9 Å². The van der Waals surface area contributed by atoms with Gasteiger partial charge in [0.25, 0.3) is 0 Å². The summed E-state index contributed by atoms with van der Waals surface area (Å²) in [5.41, 5.74) is 1.99. The third kappa shape index (κ3) is 2.84. The maximum atomic E-state index is 12.5. The number of aryl methyl sites for hydroxylation is 2. The summed E-state index contributed by atoms with van der Waals surface area (Å²) in [5, 5.41) is 2.83. The minimum Gasteiger partial charge on any atom is -0.457 e. The molecule has 0 saturated heterocycles. The van der Waals surface area contributed by atoms with Gasteiger partial charge in [-0.2, -0.15) is 0 Å². The first kappa shape index (κ1) is 16.3. The summed E-state index contributed by atoms with van der Waals surface area (Å²) < 4.78 is 10.9. The maximum absolute atomic E-state index is 12.5. The molecule has 0 atom stereocenters. The number of fused-ring (bicyclic) bond motifs is 4. The molecule has 0 fully saturated rings.